The van der Waals surface area contributed by atoms with E-state index < -0.39 is 0 Å². The molecule has 2 aromatic rings. The van der Waals surface area contributed by atoms with E-state index >= 15 is 0 Å². The molecule has 0 atom stereocenters. The summed E-state index contributed by atoms with van der Waals surface area (Å²) in [5, 5.41) is 2.87. The van der Waals surface area contributed by atoms with Gasteiger partial charge in [0.05, 0.1) is 17.9 Å². The Bertz CT molecular complexity index is 765. The third kappa shape index (κ3) is 4.23. The van der Waals surface area contributed by atoms with Gasteiger partial charge in [0, 0.05) is 18.7 Å². The summed E-state index contributed by atoms with van der Waals surface area (Å²) in [5.41, 5.74) is 1.60. The van der Waals surface area contributed by atoms with Crippen molar-refractivity contribution < 1.29 is 14.3 Å². The van der Waals surface area contributed by atoms with Crippen LogP contribution < -0.4 is 10.1 Å². The van der Waals surface area contributed by atoms with Crippen LogP contribution in [0, 0.1) is 0 Å². The molecule has 1 aliphatic rings. The van der Waals surface area contributed by atoms with Crippen LogP contribution >= 0.6 is 0 Å². The Morgan fingerprint density at radius 3 is 2.38 bits per heavy atom. The van der Waals surface area contributed by atoms with Crippen molar-refractivity contribution >= 4 is 17.5 Å². The van der Waals surface area contributed by atoms with Gasteiger partial charge in [-0.15, -0.1) is 0 Å². The summed E-state index contributed by atoms with van der Waals surface area (Å²) in [6.45, 7) is 4.05. The Hall–Kier alpha value is -2.82. The lowest BCUT2D eigenvalue weighted by Crippen LogP contribution is -2.36. The molecule has 1 heterocycles. The molecule has 2 amide bonds. The summed E-state index contributed by atoms with van der Waals surface area (Å²) < 4.78 is 5.39. The predicted molar refractivity (Wildman–Crippen MR) is 102 cm³/mol. The molecule has 26 heavy (non-hydrogen) atoms. The number of amides is 2. The molecule has 5 heteroatoms. The molecule has 0 aliphatic carbocycles. The van der Waals surface area contributed by atoms with Crippen LogP contribution in [0.15, 0.2) is 48.5 Å². The van der Waals surface area contributed by atoms with Crippen LogP contribution in [0.25, 0.3) is 0 Å². The molecule has 1 saturated heterocycles. The minimum atomic E-state index is -0.244. The number of nitrogens with zero attached hydrogens (tertiary/aromatic N) is 1. The first-order chi connectivity index (χ1) is 12.7. The Morgan fingerprint density at radius 2 is 1.69 bits per heavy atom. The lowest BCUT2D eigenvalue weighted by molar-refractivity contribution is 0.0725. The highest BCUT2D eigenvalue weighted by molar-refractivity contribution is 6.09. The van der Waals surface area contributed by atoms with Crippen molar-refractivity contribution in [1.82, 2.24) is 4.90 Å². The van der Waals surface area contributed by atoms with Crippen LogP contribution in [0.2, 0.25) is 0 Å². The number of ether oxygens (including phenoxy) is 1. The molecule has 136 valence electrons. The summed E-state index contributed by atoms with van der Waals surface area (Å²) in [6, 6.07) is 14.1. The highest BCUT2D eigenvalue weighted by Gasteiger charge is 2.21. The van der Waals surface area contributed by atoms with Gasteiger partial charge in [0.1, 0.15) is 5.75 Å². The number of benzene rings is 2. The van der Waals surface area contributed by atoms with E-state index in [1.807, 2.05) is 24.0 Å². The molecule has 2 aromatic carbocycles. The first kappa shape index (κ1) is 18.0. The molecule has 0 radical (unpaired) electrons. The number of nitrogens with one attached hydrogen (secondary N) is 1. The quantitative estimate of drug-likeness (QED) is 0.886. The number of carbonyl (C=O) groups is 2. The Morgan fingerprint density at radius 1 is 1.00 bits per heavy atom. The molecule has 1 fully saturated rings. The number of hydrogen-bond acceptors (Lipinski definition) is 3. The first-order valence-corrected chi connectivity index (χ1v) is 9.11. The molecule has 1 aliphatic heterocycles. The molecular weight excluding hydrogens is 328 g/mol. The number of anilines is 1. The minimum absolute atomic E-state index is 0.0210. The van der Waals surface area contributed by atoms with Crippen molar-refractivity contribution in [2.45, 2.75) is 26.2 Å². The summed E-state index contributed by atoms with van der Waals surface area (Å²) in [5.74, 6) is 0.462. The van der Waals surface area contributed by atoms with Crippen LogP contribution in [0.5, 0.6) is 5.75 Å². The zero-order valence-corrected chi connectivity index (χ0v) is 15.0. The van der Waals surface area contributed by atoms with Crippen LogP contribution in [-0.4, -0.2) is 36.4 Å². The van der Waals surface area contributed by atoms with E-state index in [4.69, 9.17) is 4.74 Å². The number of para-hydroxylation sites is 1. The summed E-state index contributed by atoms with van der Waals surface area (Å²) in [7, 11) is 0. The van der Waals surface area contributed by atoms with Crippen LogP contribution in [0.4, 0.5) is 5.69 Å². The van der Waals surface area contributed by atoms with Gasteiger partial charge in [0.2, 0.25) is 0 Å². The monoisotopic (exact) mass is 352 g/mol. The first-order valence-electron chi connectivity index (χ1n) is 9.11. The van der Waals surface area contributed by atoms with Crippen molar-refractivity contribution in [3.63, 3.8) is 0 Å². The minimum Gasteiger partial charge on any atom is -0.494 e. The number of piperidine rings is 1. The van der Waals surface area contributed by atoms with Crippen molar-refractivity contribution in [2.75, 3.05) is 25.0 Å². The molecule has 0 aromatic heterocycles. The van der Waals surface area contributed by atoms with Crippen LogP contribution in [-0.2, 0) is 0 Å². The van der Waals surface area contributed by atoms with E-state index in [0.29, 0.717) is 23.4 Å². The maximum absolute atomic E-state index is 12.8. The second-order valence-corrected chi connectivity index (χ2v) is 6.31. The van der Waals surface area contributed by atoms with Gasteiger partial charge in [-0.2, -0.15) is 0 Å². The van der Waals surface area contributed by atoms with Gasteiger partial charge < -0.3 is 15.0 Å². The zero-order valence-electron chi connectivity index (χ0n) is 15.0. The number of hydrogen-bond donors (Lipinski definition) is 1. The van der Waals surface area contributed by atoms with Crippen LogP contribution in [0.3, 0.4) is 0 Å². The summed E-state index contributed by atoms with van der Waals surface area (Å²) in [6.07, 6.45) is 3.23. The molecule has 1 N–H and O–H groups in total. The third-order valence-corrected chi connectivity index (χ3v) is 4.48. The highest BCUT2D eigenvalue weighted by atomic mass is 16.5. The van der Waals surface area contributed by atoms with E-state index in [-0.39, 0.29) is 11.8 Å². The third-order valence-electron chi connectivity index (χ3n) is 4.48. The summed E-state index contributed by atoms with van der Waals surface area (Å²) >= 11 is 0. The molecule has 5 nitrogen and oxygen atoms in total. The maximum Gasteiger partial charge on any atom is 0.255 e. The Kier molecular flexibility index (Phi) is 5.89. The molecule has 0 spiro atoms. The average Bonchev–Trinajstić information content (AvgIpc) is 2.69. The van der Waals surface area contributed by atoms with Gasteiger partial charge in [-0.3, -0.25) is 9.59 Å². The predicted octanol–water partition coefficient (Wildman–Crippen LogP) is 3.96. The van der Waals surface area contributed by atoms with Gasteiger partial charge in [-0.25, -0.2) is 0 Å². The fourth-order valence-corrected chi connectivity index (χ4v) is 3.11. The van der Waals surface area contributed by atoms with E-state index in [1.165, 1.54) is 6.42 Å². The largest absolute Gasteiger partial charge is 0.494 e. The summed E-state index contributed by atoms with van der Waals surface area (Å²) in [4.78, 5) is 27.2. The van der Waals surface area contributed by atoms with Crippen molar-refractivity contribution in [1.29, 1.82) is 0 Å². The van der Waals surface area contributed by atoms with Crippen molar-refractivity contribution in [2.24, 2.45) is 0 Å². The standard InChI is InChI=1S/C21H24N2O3/c1-2-26-17-12-10-16(11-13-17)20(24)22-19-9-5-4-8-18(19)21(25)23-14-6-3-7-15-23/h4-5,8-13H,2-3,6-7,14-15H2,1H3,(H,22,24). The fourth-order valence-electron chi connectivity index (χ4n) is 3.11. The van der Waals surface area contributed by atoms with E-state index in [1.54, 1.807) is 36.4 Å². The van der Waals surface area contributed by atoms with E-state index in [0.717, 1.165) is 31.7 Å². The molecular formula is C21H24N2O3. The number of carbonyl (C=O) groups excluding carboxylic acids is 2. The maximum atomic E-state index is 12.8. The number of likely N-dealkylation sites (tertiary alicyclic amines) is 1. The van der Waals surface area contributed by atoms with Gasteiger partial charge in [-0.1, -0.05) is 12.1 Å². The van der Waals surface area contributed by atoms with E-state index in [2.05, 4.69) is 5.32 Å². The Labute approximate surface area is 154 Å². The molecule has 0 saturated carbocycles. The SMILES string of the molecule is CCOc1ccc(C(=O)Nc2ccccc2C(=O)N2CCCCC2)cc1. The normalized spacial score (nSPS) is 14.0. The lowest BCUT2D eigenvalue weighted by atomic mass is 10.1. The van der Waals surface area contributed by atoms with Crippen molar-refractivity contribution in [3.8, 4) is 5.75 Å². The van der Waals surface area contributed by atoms with Crippen molar-refractivity contribution in [3.05, 3.63) is 59.7 Å². The zero-order chi connectivity index (χ0) is 18.4. The average molecular weight is 352 g/mol. The number of rotatable bonds is 5. The van der Waals surface area contributed by atoms with Gasteiger partial charge in [0.25, 0.3) is 11.8 Å². The second kappa shape index (κ2) is 8.52. The Balaban J connectivity index is 1.75. The van der Waals surface area contributed by atoms with Gasteiger partial charge in [0.15, 0.2) is 0 Å². The lowest BCUT2D eigenvalue weighted by Gasteiger charge is -2.27. The van der Waals surface area contributed by atoms with Crippen LogP contribution in [0.1, 0.15) is 46.9 Å². The topological polar surface area (TPSA) is 58.6 Å². The fraction of sp³-hybridized carbons (Fsp3) is 0.333. The smallest absolute Gasteiger partial charge is 0.255 e. The highest BCUT2D eigenvalue weighted by Crippen LogP contribution is 2.21. The molecule has 3 rings (SSSR count). The molecule has 0 bridgehead atoms. The van der Waals surface area contributed by atoms with E-state index in [9.17, 15) is 9.59 Å². The molecule has 0 unspecified atom stereocenters. The second-order valence-electron chi connectivity index (χ2n) is 6.31. The van der Waals surface area contributed by atoms with Gasteiger partial charge in [-0.05, 0) is 62.6 Å². The van der Waals surface area contributed by atoms with Gasteiger partial charge >= 0.3 is 0 Å².